The van der Waals surface area contributed by atoms with Gasteiger partial charge in [-0.1, -0.05) is 80.4 Å². The van der Waals surface area contributed by atoms with Crippen LogP contribution in [0.1, 0.15) is 37.3 Å². The number of aryl methyl sites for hydroxylation is 1. The molecule has 0 radical (unpaired) electrons. The first-order valence-electron chi connectivity index (χ1n) is 9.00. The molecule has 25 heavy (non-hydrogen) atoms. The molecule has 0 unspecified atom stereocenters. The van der Waals surface area contributed by atoms with Gasteiger partial charge in [0.05, 0.1) is 11.6 Å². The van der Waals surface area contributed by atoms with Gasteiger partial charge in [0.1, 0.15) is 0 Å². The Labute approximate surface area is 150 Å². The molecule has 3 rings (SSSR count). The van der Waals surface area contributed by atoms with Crippen molar-refractivity contribution in [3.8, 4) is 28.3 Å². The van der Waals surface area contributed by atoms with E-state index in [9.17, 15) is 0 Å². The highest BCUT2D eigenvalue weighted by molar-refractivity contribution is 5.84. The zero-order chi connectivity index (χ0) is 17.5. The highest BCUT2D eigenvalue weighted by atomic mass is 14.2. The highest BCUT2D eigenvalue weighted by Crippen LogP contribution is 2.33. The summed E-state index contributed by atoms with van der Waals surface area (Å²) in [6.45, 7) is 2.24. The van der Waals surface area contributed by atoms with Gasteiger partial charge in [0.2, 0.25) is 0 Å². The van der Waals surface area contributed by atoms with Crippen molar-refractivity contribution in [2.24, 2.45) is 0 Å². The fraction of sp³-hybridized carbons (Fsp3) is 0.208. The Morgan fingerprint density at radius 1 is 0.760 bits per heavy atom. The maximum atomic E-state index is 9.02. The molecule has 3 aromatic rings. The second-order valence-corrected chi connectivity index (χ2v) is 6.39. The number of rotatable bonds is 6. The minimum Gasteiger partial charge on any atom is -0.192 e. The van der Waals surface area contributed by atoms with Crippen LogP contribution in [0, 0.1) is 11.3 Å². The molecule has 0 heterocycles. The van der Waals surface area contributed by atoms with Crippen LogP contribution >= 0.6 is 0 Å². The number of hydrogen-bond donors (Lipinski definition) is 0. The van der Waals surface area contributed by atoms with E-state index in [-0.39, 0.29) is 0 Å². The normalized spacial score (nSPS) is 10.4. The molecule has 0 aromatic heterocycles. The van der Waals surface area contributed by atoms with Crippen LogP contribution in [0.25, 0.3) is 22.3 Å². The van der Waals surface area contributed by atoms with Gasteiger partial charge in [-0.2, -0.15) is 5.26 Å². The number of unbranched alkanes of at least 4 members (excludes halogenated alkanes) is 2. The van der Waals surface area contributed by atoms with Crippen LogP contribution in [0.4, 0.5) is 0 Å². The summed E-state index contributed by atoms with van der Waals surface area (Å²) in [6.07, 6.45) is 4.88. The summed E-state index contributed by atoms with van der Waals surface area (Å²) >= 11 is 0. The molecule has 124 valence electrons. The molecule has 3 aromatic carbocycles. The van der Waals surface area contributed by atoms with Gasteiger partial charge in [0, 0.05) is 0 Å². The minimum absolute atomic E-state index is 0.696. The zero-order valence-corrected chi connectivity index (χ0v) is 14.7. The third-order valence-electron chi connectivity index (χ3n) is 4.56. The van der Waals surface area contributed by atoms with Gasteiger partial charge in [-0.25, -0.2) is 0 Å². The molecular formula is C24H23N. The van der Waals surface area contributed by atoms with Crippen LogP contribution in [0.2, 0.25) is 0 Å². The molecule has 0 aliphatic carbocycles. The summed E-state index contributed by atoms with van der Waals surface area (Å²) in [5.41, 5.74) is 6.96. The van der Waals surface area contributed by atoms with E-state index in [2.05, 4.69) is 61.5 Å². The fourth-order valence-corrected chi connectivity index (χ4v) is 3.16. The van der Waals surface area contributed by atoms with Gasteiger partial charge < -0.3 is 0 Å². The average Bonchev–Trinajstić information content (AvgIpc) is 2.69. The van der Waals surface area contributed by atoms with Crippen molar-refractivity contribution in [2.45, 2.75) is 32.6 Å². The summed E-state index contributed by atoms with van der Waals surface area (Å²) in [5, 5.41) is 9.02. The summed E-state index contributed by atoms with van der Waals surface area (Å²) in [7, 11) is 0. The van der Waals surface area contributed by atoms with Crippen molar-refractivity contribution >= 4 is 0 Å². The van der Waals surface area contributed by atoms with Crippen molar-refractivity contribution in [2.75, 3.05) is 0 Å². The van der Waals surface area contributed by atoms with Gasteiger partial charge >= 0.3 is 0 Å². The average molecular weight is 325 g/mol. The lowest BCUT2D eigenvalue weighted by Gasteiger charge is -2.13. The Morgan fingerprint density at radius 3 is 2.16 bits per heavy atom. The Balaban J connectivity index is 2.02. The Bertz CT molecular complexity index is 855. The quantitative estimate of drug-likeness (QED) is 0.467. The number of nitrogens with zero attached hydrogens (tertiary/aromatic N) is 1. The molecule has 0 aliphatic rings. The van der Waals surface area contributed by atoms with E-state index in [0.717, 1.165) is 12.0 Å². The van der Waals surface area contributed by atoms with Gasteiger partial charge in [-0.05, 0) is 52.8 Å². The lowest BCUT2D eigenvalue weighted by Crippen LogP contribution is -1.91. The predicted octanol–water partition coefficient (Wildman–Crippen LogP) is 6.62. The number of nitriles is 1. The third-order valence-corrected chi connectivity index (χ3v) is 4.56. The molecule has 1 heteroatoms. The minimum atomic E-state index is 0.696. The van der Waals surface area contributed by atoms with Gasteiger partial charge in [-0.15, -0.1) is 0 Å². The lowest BCUT2D eigenvalue weighted by atomic mass is 9.91. The molecule has 0 saturated heterocycles. The maximum absolute atomic E-state index is 9.02. The molecule has 0 aliphatic heterocycles. The van der Waals surface area contributed by atoms with Crippen molar-refractivity contribution in [1.82, 2.24) is 0 Å². The van der Waals surface area contributed by atoms with Gasteiger partial charge in [-0.3, -0.25) is 0 Å². The molecule has 0 amide bonds. The zero-order valence-electron chi connectivity index (χ0n) is 14.7. The smallest absolute Gasteiger partial charge is 0.0991 e. The van der Waals surface area contributed by atoms with Crippen LogP contribution in [0.15, 0.2) is 72.8 Å². The summed E-state index contributed by atoms with van der Waals surface area (Å²) < 4.78 is 0. The van der Waals surface area contributed by atoms with Crippen LogP contribution in [0.5, 0.6) is 0 Å². The predicted molar refractivity (Wildman–Crippen MR) is 105 cm³/mol. The lowest BCUT2D eigenvalue weighted by molar-refractivity contribution is 0.717. The largest absolute Gasteiger partial charge is 0.192 e. The maximum Gasteiger partial charge on any atom is 0.0991 e. The Morgan fingerprint density at radius 2 is 1.48 bits per heavy atom. The van der Waals surface area contributed by atoms with E-state index < -0.39 is 0 Å². The van der Waals surface area contributed by atoms with Crippen LogP contribution in [-0.2, 0) is 6.42 Å². The third kappa shape index (κ3) is 4.17. The summed E-state index contributed by atoms with van der Waals surface area (Å²) in [4.78, 5) is 0. The second kappa shape index (κ2) is 8.31. The van der Waals surface area contributed by atoms with Crippen molar-refractivity contribution < 1.29 is 0 Å². The number of benzene rings is 3. The molecule has 0 bridgehead atoms. The van der Waals surface area contributed by atoms with E-state index in [1.54, 1.807) is 0 Å². The van der Waals surface area contributed by atoms with E-state index in [1.165, 1.54) is 41.5 Å². The molecule has 1 nitrogen and oxygen atoms in total. The fourth-order valence-electron chi connectivity index (χ4n) is 3.16. The number of hydrogen-bond acceptors (Lipinski definition) is 1. The van der Waals surface area contributed by atoms with Gasteiger partial charge in [0.25, 0.3) is 0 Å². The standard InChI is InChI=1S/C24H23N/c1-2-3-5-8-19-13-16-23(22-14-11-20(18-25)12-15-22)24(17-19)21-9-6-4-7-10-21/h4,6-7,9-17H,2-3,5,8H2,1H3. The molecule has 0 fully saturated rings. The van der Waals surface area contributed by atoms with E-state index in [1.807, 2.05) is 24.3 Å². The Kier molecular flexibility index (Phi) is 5.65. The van der Waals surface area contributed by atoms with Crippen molar-refractivity contribution in [1.29, 1.82) is 5.26 Å². The molecule has 0 N–H and O–H groups in total. The van der Waals surface area contributed by atoms with E-state index >= 15 is 0 Å². The second-order valence-electron chi connectivity index (χ2n) is 6.39. The van der Waals surface area contributed by atoms with E-state index in [4.69, 9.17) is 5.26 Å². The summed E-state index contributed by atoms with van der Waals surface area (Å²) in [5.74, 6) is 0. The monoisotopic (exact) mass is 325 g/mol. The van der Waals surface area contributed by atoms with Crippen LogP contribution < -0.4 is 0 Å². The Hall–Kier alpha value is -2.85. The van der Waals surface area contributed by atoms with Crippen LogP contribution in [-0.4, -0.2) is 0 Å². The first-order valence-corrected chi connectivity index (χ1v) is 9.00. The van der Waals surface area contributed by atoms with Crippen molar-refractivity contribution in [3.63, 3.8) is 0 Å². The highest BCUT2D eigenvalue weighted by Gasteiger charge is 2.09. The van der Waals surface area contributed by atoms with Crippen LogP contribution in [0.3, 0.4) is 0 Å². The molecule has 0 atom stereocenters. The molecule has 0 saturated carbocycles. The molecule has 0 spiro atoms. The first kappa shape index (κ1) is 17.0. The molecular weight excluding hydrogens is 302 g/mol. The van der Waals surface area contributed by atoms with Crippen molar-refractivity contribution in [3.05, 3.63) is 83.9 Å². The first-order chi connectivity index (χ1) is 12.3. The van der Waals surface area contributed by atoms with E-state index in [0.29, 0.717) is 5.56 Å². The van der Waals surface area contributed by atoms with Gasteiger partial charge in [0.15, 0.2) is 0 Å². The topological polar surface area (TPSA) is 23.8 Å². The SMILES string of the molecule is CCCCCc1ccc(-c2ccc(C#N)cc2)c(-c2ccccc2)c1. The summed E-state index contributed by atoms with van der Waals surface area (Å²) in [6, 6.07) is 27.4.